The number of benzene rings is 2. The average Bonchev–Trinajstić information content (AvgIpc) is 2.37. The predicted molar refractivity (Wildman–Crippen MR) is 90.1 cm³/mol. The van der Waals surface area contributed by atoms with Crippen molar-refractivity contribution in [2.24, 2.45) is 0 Å². The Labute approximate surface area is 130 Å². The van der Waals surface area contributed by atoms with E-state index in [0.717, 1.165) is 9.26 Å². The summed E-state index contributed by atoms with van der Waals surface area (Å²) < 4.78 is 14.6. The predicted octanol–water partition coefficient (Wildman–Crippen LogP) is 4.55. The maximum absolute atomic E-state index is 13.4. The van der Waals surface area contributed by atoms with Gasteiger partial charge in [-0.15, -0.1) is 0 Å². The van der Waals surface area contributed by atoms with Gasteiger partial charge in [0.2, 0.25) is 0 Å². The average molecular weight is 386 g/mol. The molecule has 98 valence electrons. The molecule has 0 radical (unpaired) electrons. The molecule has 0 bridgehead atoms. The Morgan fingerprint density at radius 3 is 2.26 bits per heavy atom. The molecule has 0 spiro atoms. The molecule has 0 saturated carbocycles. The highest BCUT2D eigenvalue weighted by Gasteiger charge is 2.02. The van der Waals surface area contributed by atoms with Crippen LogP contribution in [0.3, 0.4) is 0 Å². The molecule has 0 aliphatic heterocycles. The molecular weight excluding hydrogens is 374 g/mol. The fraction of sp³-hybridized carbons (Fsp3) is 0.0714. The molecule has 0 heterocycles. The Bertz CT molecular complexity index is 599. The molecule has 2 nitrogen and oxygen atoms in total. The van der Waals surface area contributed by atoms with Gasteiger partial charge < -0.3 is 10.6 Å². The highest BCUT2D eigenvalue weighted by atomic mass is 127. The van der Waals surface area contributed by atoms with Crippen molar-refractivity contribution in [1.82, 2.24) is 0 Å². The van der Waals surface area contributed by atoms with Crippen molar-refractivity contribution in [2.75, 3.05) is 10.6 Å². The molecule has 0 saturated heterocycles. The molecule has 2 rings (SSSR count). The molecule has 2 N–H and O–H groups in total. The quantitative estimate of drug-likeness (QED) is 0.585. The molecule has 2 aromatic rings. The van der Waals surface area contributed by atoms with Gasteiger partial charge in [0.15, 0.2) is 5.11 Å². The SMILES string of the molecule is Cc1ccc(NC(=S)Nc2ccc(I)cc2)cc1F. The number of thiocarbonyl (C=S) groups is 1. The van der Waals surface area contributed by atoms with Gasteiger partial charge in [0.05, 0.1) is 0 Å². The van der Waals surface area contributed by atoms with E-state index in [4.69, 9.17) is 12.2 Å². The van der Waals surface area contributed by atoms with Gasteiger partial charge in [-0.1, -0.05) is 6.07 Å². The van der Waals surface area contributed by atoms with Crippen LogP contribution >= 0.6 is 34.8 Å². The lowest BCUT2D eigenvalue weighted by atomic mass is 10.2. The summed E-state index contributed by atoms with van der Waals surface area (Å²) in [6.45, 7) is 1.72. The normalized spacial score (nSPS) is 10.1. The van der Waals surface area contributed by atoms with E-state index >= 15 is 0 Å². The monoisotopic (exact) mass is 386 g/mol. The molecule has 2 aromatic carbocycles. The number of anilines is 2. The first-order chi connectivity index (χ1) is 9.04. The first kappa shape index (κ1) is 14.2. The van der Waals surface area contributed by atoms with E-state index in [-0.39, 0.29) is 5.82 Å². The number of aryl methyl sites for hydroxylation is 1. The summed E-state index contributed by atoms with van der Waals surface area (Å²) >= 11 is 7.42. The highest BCUT2D eigenvalue weighted by molar-refractivity contribution is 14.1. The minimum absolute atomic E-state index is 0.248. The Morgan fingerprint density at radius 2 is 1.63 bits per heavy atom. The van der Waals surface area contributed by atoms with Crippen molar-refractivity contribution >= 4 is 51.3 Å². The van der Waals surface area contributed by atoms with E-state index in [1.54, 1.807) is 19.1 Å². The second kappa shape index (κ2) is 6.29. The zero-order valence-electron chi connectivity index (χ0n) is 10.2. The van der Waals surface area contributed by atoms with Gasteiger partial charge in [-0.3, -0.25) is 0 Å². The van der Waals surface area contributed by atoms with Crippen molar-refractivity contribution < 1.29 is 4.39 Å². The first-order valence-electron chi connectivity index (χ1n) is 5.64. The van der Waals surface area contributed by atoms with Crippen LogP contribution in [0.5, 0.6) is 0 Å². The van der Waals surface area contributed by atoms with Crippen LogP contribution in [0.4, 0.5) is 15.8 Å². The number of nitrogens with one attached hydrogen (secondary N) is 2. The minimum Gasteiger partial charge on any atom is -0.332 e. The fourth-order valence-electron chi connectivity index (χ4n) is 1.50. The molecule has 0 aliphatic carbocycles. The molecule has 0 aromatic heterocycles. The van der Waals surface area contributed by atoms with Gasteiger partial charge in [0, 0.05) is 14.9 Å². The number of hydrogen-bond acceptors (Lipinski definition) is 1. The van der Waals surface area contributed by atoms with E-state index in [1.165, 1.54) is 6.07 Å². The molecular formula is C14H12FIN2S. The summed E-state index contributed by atoms with van der Waals surface area (Å²) in [5, 5.41) is 6.43. The third-order valence-electron chi connectivity index (χ3n) is 2.53. The third kappa shape index (κ3) is 4.14. The van der Waals surface area contributed by atoms with Crippen molar-refractivity contribution in [2.45, 2.75) is 6.92 Å². The van der Waals surface area contributed by atoms with Crippen LogP contribution in [-0.4, -0.2) is 5.11 Å². The minimum atomic E-state index is -0.248. The van der Waals surface area contributed by atoms with Gasteiger partial charge >= 0.3 is 0 Å². The van der Waals surface area contributed by atoms with E-state index < -0.39 is 0 Å². The smallest absolute Gasteiger partial charge is 0.175 e. The topological polar surface area (TPSA) is 24.1 Å². The van der Waals surface area contributed by atoms with E-state index in [0.29, 0.717) is 16.4 Å². The zero-order chi connectivity index (χ0) is 13.8. The Kier molecular flexibility index (Phi) is 4.71. The van der Waals surface area contributed by atoms with Crippen LogP contribution < -0.4 is 10.6 Å². The maximum Gasteiger partial charge on any atom is 0.175 e. The van der Waals surface area contributed by atoms with E-state index in [2.05, 4.69) is 33.2 Å². The van der Waals surface area contributed by atoms with Crippen molar-refractivity contribution in [3.63, 3.8) is 0 Å². The van der Waals surface area contributed by atoms with Gasteiger partial charge in [-0.05, 0) is 83.7 Å². The van der Waals surface area contributed by atoms with Crippen LogP contribution in [0.15, 0.2) is 42.5 Å². The summed E-state index contributed by atoms with van der Waals surface area (Å²) in [4.78, 5) is 0. The first-order valence-corrected chi connectivity index (χ1v) is 7.13. The Morgan fingerprint density at radius 1 is 1.05 bits per heavy atom. The lowest BCUT2D eigenvalue weighted by Crippen LogP contribution is -2.19. The summed E-state index contributed by atoms with van der Waals surface area (Å²) in [6, 6.07) is 12.8. The molecule has 19 heavy (non-hydrogen) atoms. The van der Waals surface area contributed by atoms with Crippen molar-refractivity contribution in [1.29, 1.82) is 0 Å². The van der Waals surface area contributed by atoms with Crippen LogP contribution in [0.1, 0.15) is 5.56 Å². The molecule has 0 amide bonds. The van der Waals surface area contributed by atoms with Gasteiger partial charge in [-0.2, -0.15) is 0 Å². The molecule has 5 heteroatoms. The molecule has 0 atom stereocenters. The largest absolute Gasteiger partial charge is 0.332 e. The summed E-state index contributed by atoms with van der Waals surface area (Å²) in [5.74, 6) is -0.248. The highest BCUT2D eigenvalue weighted by Crippen LogP contribution is 2.15. The van der Waals surface area contributed by atoms with Crippen LogP contribution in [0.25, 0.3) is 0 Å². The standard InChI is InChI=1S/C14H12FIN2S/c1-9-2-5-12(8-13(9)15)18-14(19)17-11-6-3-10(16)4-7-11/h2-8H,1H3,(H2,17,18,19). The fourth-order valence-corrected chi connectivity index (χ4v) is 2.09. The lowest BCUT2D eigenvalue weighted by Gasteiger charge is -2.11. The molecule has 0 aliphatic rings. The van der Waals surface area contributed by atoms with Gasteiger partial charge in [-0.25, -0.2) is 4.39 Å². The zero-order valence-corrected chi connectivity index (χ0v) is 13.2. The number of halogens is 2. The van der Waals surface area contributed by atoms with Crippen molar-refractivity contribution in [3.05, 3.63) is 57.4 Å². The number of rotatable bonds is 2. The lowest BCUT2D eigenvalue weighted by molar-refractivity contribution is 0.619. The second-order valence-corrected chi connectivity index (χ2v) is 5.70. The number of hydrogen-bond donors (Lipinski definition) is 2. The molecule has 0 fully saturated rings. The van der Waals surface area contributed by atoms with Crippen molar-refractivity contribution in [3.8, 4) is 0 Å². The van der Waals surface area contributed by atoms with Crippen LogP contribution in [-0.2, 0) is 0 Å². The Hall–Kier alpha value is -1.21. The van der Waals surface area contributed by atoms with Crippen LogP contribution in [0, 0.1) is 16.3 Å². The molecule has 0 unspecified atom stereocenters. The Balaban J connectivity index is 2.01. The maximum atomic E-state index is 13.4. The van der Waals surface area contributed by atoms with E-state index in [1.807, 2.05) is 24.3 Å². The third-order valence-corrected chi connectivity index (χ3v) is 3.46. The van der Waals surface area contributed by atoms with Gasteiger partial charge in [0.25, 0.3) is 0 Å². The summed E-state index contributed by atoms with van der Waals surface area (Å²) in [5.41, 5.74) is 2.14. The summed E-state index contributed by atoms with van der Waals surface area (Å²) in [7, 11) is 0. The van der Waals surface area contributed by atoms with Crippen LogP contribution in [0.2, 0.25) is 0 Å². The second-order valence-electron chi connectivity index (χ2n) is 4.05. The van der Waals surface area contributed by atoms with E-state index in [9.17, 15) is 4.39 Å². The van der Waals surface area contributed by atoms with Gasteiger partial charge in [0.1, 0.15) is 5.82 Å². The summed E-state index contributed by atoms with van der Waals surface area (Å²) in [6.07, 6.45) is 0.